The highest BCUT2D eigenvalue weighted by Crippen LogP contribution is 2.30. The molecule has 5 rings (SSSR count). The number of methoxy groups -OCH3 is 2. The van der Waals surface area contributed by atoms with E-state index in [0.717, 1.165) is 20.9 Å². The number of halogens is 3. The molecule has 2 unspecified atom stereocenters. The van der Waals surface area contributed by atoms with Crippen LogP contribution in [0.1, 0.15) is 65.5 Å². The quantitative estimate of drug-likeness (QED) is 0.153. The smallest absolute Gasteiger partial charge is 0.407 e. The molecule has 6 amide bonds. The third-order valence-electron chi connectivity index (χ3n) is 11.2. The van der Waals surface area contributed by atoms with Crippen LogP contribution >= 0.6 is 0 Å². The number of likely N-dealkylation sites (tertiary alicyclic amines) is 2. The Morgan fingerprint density at radius 3 is 1.31 bits per heavy atom. The molecule has 3 aromatic carbocycles. The first kappa shape index (κ1) is 48.7. The average Bonchev–Trinajstić information content (AvgIpc) is 3.84. The van der Waals surface area contributed by atoms with E-state index in [1.807, 2.05) is 4.90 Å². The Balaban J connectivity index is 1.25. The number of carbonyl (C=O) groups is 6. The van der Waals surface area contributed by atoms with E-state index in [9.17, 15) is 41.9 Å². The molecule has 64 heavy (non-hydrogen) atoms. The second kappa shape index (κ2) is 20.5. The van der Waals surface area contributed by atoms with Gasteiger partial charge in [0.1, 0.15) is 42.3 Å². The summed E-state index contributed by atoms with van der Waals surface area (Å²) < 4.78 is 52.9. The Morgan fingerprint density at radius 1 is 0.625 bits per heavy atom. The van der Waals surface area contributed by atoms with Gasteiger partial charge in [-0.15, -0.1) is 0 Å². The van der Waals surface area contributed by atoms with Gasteiger partial charge in [-0.25, -0.2) is 22.8 Å². The lowest BCUT2D eigenvalue weighted by Crippen LogP contribution is -2.57. The molecule has 2 fully saturated rings. The van der Waals surface area contributed by atoms with E-state index < -0.39 is 89.0 Å². The van der Waals surface area contributed by atoms with E-state index in [1.165, 1.54) is 26.4 Å². The summed E-state index contributed by atoms with van der Waals surface area (Å²) in [6.07, 6.45) is -4.95. The number of nitrogens with zero attached hydrogens (tertiary/aromatic N) is 3. The first-order chi connectivity index (χ1) is 30.1. The summed E-state index contributed by atoms with van der Waals surface area (Å²) in [5.74, 6) is -2.77. The number of anilines is 3. The zero-order valence-corrected chi connectivity index (χ0v) is 37.4. The summed E-state index contributed by atoms with van der Waals surface area (Å²) in [4.78, 5) is 82.7. The fourth-order valence-electron chi connectivity index (χ4n) is 7.71. The zero-order chi connectivity index (χ0) is 47.1. The lowest BCUT2D eigenvalue weighted by Gasteiger charge is -2.34. The van der Waals surface area contributed by atoms with Gasteiger partial charge >= 0.3 is 12.2 Å². The number of alkyl carbamates (subject to hydrolysis) is 2. The second-order valence-corrected chi connectivity index (χ2v) is 18.3. The maximum absolute atomic E-state index is 14.8. The van der Waals surface area contributed by atoms with E-state index in [0.29, 0.717) is 30.2 Å². The van der Waals surface area contributed by atoms with Crippen molar-refractivity contribution in [3.8, 4) is 0 Å². The van der Waals surface area contributed by atoms with Gasteiger partial charge in [0.05, 0.1) is 27.3 Å². The van der Waals surface area contributed by atoms with Crippen LogP contribution in [0, 0.1) is 16.6 Å². The van der Waals surface area contributed by atoms with Gasteiger partial charge in [-0.1, -0.05) is 65.8 Å². The predicted octanol–water partition coefficient (Wildman–Crippen LogP) is 6.33. The van der Waals surface area contributed by atoms with Gasteiger partial charge in [0.2, 0.25) is 23.6 Å². The molecule has 4 N–H and O–H groups in total. The number of benzene rings is 3. The highest BCUT2D eigenvalue weighted by Gasteiger charge is 2.47. The van der Waals surface area contributed by atoms with Gasteiger partial charge < -0.3 is 45.4 Å². The van der Waals surface area contributed by atoms with Crippen LogP contribution < -0.4 is 26.2 Å². The number of amides is 6. The molecule has 0 bridgehead atoms. The summed E-state index contributed by atoms with van der Waals surface area (Å²) in [5, 5.41) is 10.6. The molecule has 18 heteroatoms. The van der Waals surface area contributed by atoms with Crippen LogP contribution in [0.15, 0.2) is 72.8 Å². The average molecular weight is 894 g/mol. The lowest BCUT2D eigenvalue weighted by molar-refractivity contribution is -0.140. The summed E-state index contributed by atoms with van der Waals surface area (Å²) in [5.41, 5.74) is 1.64. The number of ether oxygens (including phenoxy) is 2. The fourth-order valence-corrected chi connectivity index (χ4v) is 7.71. The molecular formula is C46H58F3N7O8. The van der Waals surface area contributed by atoms with Crippen molar-refractivity contribution in [3.05, 3.63) is 89.7 Å². The number of rotatable bonds is 13. The van der Waals surface area contributed by atoms with Gasteiger partial charge in [-0.2, -0.15) is 0 Å². The molecule has 6 atom stereocenters. The topological polar surface area (TPSA) is 179 Å². The van der Waals surface area contributed by atoms with Crippen molar-refractivity contribution in [1.82, 2.24) is 20.4 Å². The summed E-state index contributed by atoms with van der Waals surface area (Å²) in [6.45, 7) is 10.5. The highest BCUT2D eigenvalue weighted by molar-refractivity contribution is 6.00. The third kappa shape index (κ3) is 12.4. The second-order valence-electron chi connectivity index (χ2n) is 18.3. The third-order valence-corrected chi connectivity index (χ3v) is 11.2. The van der Waals surface area contributed by atoms with Crippen LogP contribution in [0.5, 0.6) is 0 Å². The standard InChI is InChI=1S/C46H58F3N7O8/c1-45(2,3)37(52-43(61)63-7)41(59)55-25-30(48)21-35(55)39(57)50-32-15-9-27(10-16-32)23-54(34-19-13-29(47)14-20-34)24-28-11-17-33(18-12-28)51-40(58)36-22-31(49)26-56(36)42(60)38(46(4,5)6)53-44(62)64-8/h9-20,30-31,35-38H,21-26H2,1-8H3,(H,50,57)(H,51,58)(H,52,61)(H,53,62)/t30-,31?,35+,36+,37-,38?/m1/s1. The Bertz CT molecular complexity index is 2020. The Labute approximate surface area is 371 Å². The molecule has 0 aliphatic carbocycles. The Morgan fingerprint density at radius 2 is 0.984 bits per heavy atom. The van der Waals surface area contributed by atoms with Gasteiger partial charge in [-0.3, -0.25) is 19.2 Å². The van der Waals surface area contributed by atoms with Crippen molar-refractivity contribution in [2.24, 2.45) is 10.8 Å². The van der Waals surface area contributed by atoms with Crippen molar-refractivity contribution < 1.29 is 51.4 Å². The molecule has 2 aliphatic rings. The largest absolute Gasteiger partial charge is 0.453 e. The Kier molecular flexibility index (Phi) is 15.6. The molecular weight excluding hydrogens is 836 g/mol. The molecule has 0 aromatic heterocycles. The van der Waals surface area contributed by atoms with Crippen molar-refractivity contribution in [1.29, 1.82) is 0 Å². The van der Waals surface area contributed by atoms with Crippen LogP contribution in [-0.4, -0.2) is 109 Å². The summed E-state index contributed by atoms with van der Waals surface area (Å²) in [7, 11) is 2.34. The number of carbonyl (C=O) groups excluding carboxylic acids is 6. The van der Waals surface area contributed by atoms with Crippen molar-refractivity contribution in [3.63, 3.8) is 0 Å². The van der Waals surface area contributed by atoms with Crippen LogP contribution in [0.4, 0.5) is 39.8 Å². The number of hydrogen-bond donors (Lipinski definition) is 4. The lowest BCUT2D eigenvalue weighted by atomic mass is 9.85. The summed E-state index contributed by atoms with van der Waals surface area (Å²) in [6, 6.07) is 15.5. The van der Waals surface area contributed by atoms with Gasteiger partial charge in [0, 0.05) is 43.0 Å². The van der Waals surface area contributed by atoms with Crippen LogP contribution in [-0.2, 0) is 41.7 Å². The van der Waals surface area contributed by atoms with Crippen LogP contribution in [0.25, 0.3) is 0 Å². The molecule has 3 aromatic rings. The van der Waals surface area contributed by atoms with Gasteiger partial charge in [-0.05, 0) is 70.5 Å². The minimum absolute atomic E-state index is 0.208. The SMILES string of the molecule is COC(=O)NC(C(=O)N1CC(F)C[C@H]1C(=O)Nc1ccc(CN(Cc2ccc(NC(=O)[C@@H]3C[C@@H](F)CN3C(=O)[C@@H](NC(=O)OC)C(C)(C)C)cc2)c2ccc(F)cc2)cc1)C(C)(C)C. The van der Waals surface area contributed by atoms with E-state index >= 15 is 0 Å². The first-order valence-corrected chi connectivity index (χ1v) is 21.0. The van der Waals surface area contributed by atoms with Gasteiger partial charge in [0.25, 0.3) is 0 Å². The molecule has 0 spiro atoms. The van der Waals surface area contributed by atoms with E-state index in [2.05, 4.69) is 30.7 Å². The normalized spacial score (nSPS) is 19.5. The molecule has 2 aliphatic heterocycles. The van der Waals surface area contributed by atoms with Crippen LogP contribution in [0.3, 0.4) is 0 Å². The van der Waals surface area contributed by atoms with Gasteiger partial charge in [0.15, 0.2) is 0 Å². The highest BCUT2D eigenvalue weighted by atomic mass is 19.1. The first-order valence-electron chi connectivity index (χ1n) is 21.0. The molecule has 346 valence electrons. The Hall–Kier alpha value is -6.33. The van der Waals surface area contributed by atoms with Crippen LogP contribution in [0.2, 0.25) is 0 Å². The molecule has 2 saturated heterocycles. The maximum atomic E-state index is 14.8. The molecule has 15 nitrogen and oxygen atoms in total. The van der Waals surface area contributed by atoms with E-state index in [4.69, 9.17) is 0 Å². The van der Waals surface area contributed by atoms with Crippen molar-refractivity contribution >= 4 is 52.9 Å². The molecule has 2 heterocycles. The minimum Gasteiger partial charge on any atom is -0.453 e. The monoisotopic (exact) mass is 893 g/mol. The predicted molar refractivity (Wildman–Crippen MR) is 234 cm³/mol. The summed E-state index contributed by atoms with van der Waals surface area (Å²) >= 11 is 0. The molecule has 0 saturated carbocycles. The number of hydrogen-bond acceptors (Lipinski definition) is 9. The molecule has 0 radical (unpaired) electrons. The number of nitrogens with one attached hydrogen (secondary N) is 4. The van der Waals surface area contributed by atoms with E-state index in [-0.39, 0.29) is 25.9 Å². The van der Waals surface area contributed by atoms with Crippen molar-refractivity contribution in [2.75, 3.05) is 42.8 Å². The fraction of sp³-hybridized carbons (Fsp3) is 0.478. The van der Waals surface area contributed by atoms with Crippen molar-refractivity contribution in [2.45, 2.75) is 104 Å². The maximum Gasteiger partial charge on any atom is 0.407 e. The zero-order valence-electron chi connectivity index (χ0n) is 37.4. The number of alkyl halides is 2. The minimum atomic E-state index is -1.44. The van der Waals surface area contributed by atoms with E-state index in [1.54, 1.807) is 102 Å².